The lowest BCUT2D eigenvalue weighted by atomic mass is 9.65. The molecule has 0 radical (unpaired) electrons. The molecule has 4 heteroatoms. The highest BCUT2D eigenvalue weighted by molar-refractivity contribution is 6.73. The van der Waals surface area contributed by atoms with E-state index in [0.717, 1.165) is 19.2 Å². The molecule has 174 valence electrons. The van der Waals surface area contributed by atoms with Crippen molar-refractivity contribution in [2.75, 3.05) is 0 Å². The summed E-state index contributed by atoms with van der Waals surface area (Å²) in [7, 11) is 0.199. The lowest BCUT2D eigenvalue weighted by molar-refractivity contribution is 0.908. The molecule has 1 heterocycles. The van der Waals surface area contributed by atoms with Gasteiger partial charge >= 0.3 is 0 Å². The third-order valence-corrected chi connectivity index (χ3v) is 8.20. The number of rotatable bonds is 9. The summed E-state index contributed by atoms with van der Waals surface area (Å²) in [6, 6.07) is 42.7. The molecule has 2 nitrogen and oxygen atoms in total. The standard InChI is InChI=1S/C32H29BN2Si/c1-5-13-26(14-6-1)23-30(28-17-9-3-10-18-28)33-32-34-21-22-35(32)25-36-31(29-19-11-4-12-20-29)24-27-15-7-2-8-16-27/h1-24,33H,25,36H2. The lowest BCUT2D eigenvalue weighted by Crippen LogP contribution is -2.29. The number of nitrogens with zero attached hydrogens (tertiary/aromatic N) is 2. The summed E-state index contributed by atoms with van der Waals surface area (Å²) >= 11 is 0. The van der Waals surface area contributed by atoms with Crippen LogP contribution in [0.2, 0.25) is 0 Å². The van der Waals surface area contributed by atoms with Gasteiger partial charge in [0.1, 0.15) is 0 Å². The molecule has 1 aromatic heterocycles. The van der Waals surface area contributed by atoms with Crippen LogP contribution in [0.4, 0.5) is 0 Å². The van der Waals surface area contributed by atoms with E-state index in [9.17, 15) is 0 Å². The Kier molecular flexibility index (Phi) is 7.87. The van der Waals surface area contributed by atoms with Crippen LogP contribution >= 0.6 is 0 Å². The van der Waals surface area contributed by atoms with Gasteiger partial charge in [-0.05, 0) is 22.3 Å². The van der Waals surface area contributed by atoms with E-state index in [-0.39, 0.29) is 0 Å². The summed E-state index contributed by atoms with van der Waals surface area (Å²) in [5, 5.41) is 1.46. The van der Waals surface area contributed by atoms with E-state index in [0.29, 0.717) is 0 Å². The van der Waals surface area contributed by atoms with Gasteiger partial charge < -0.3 is 4.57 Å². The quantitative estimate of drug-likeness (QED) is 0.202. The predicted molar refractivity (Wildman–Crippen MR) is 159 cm³/mol. The Hall–Kier alpha value is -4.15. The Bertz CT molecular complexity index is 1430. The van der Waals surface area contributed by atoms with Crippen LogP contribution in [-0.2, 0) is 6.17 Å². The molecule has 0 fully saturated rings. The second-order valence-electron chi connectivity index (χ2n) is 8.86. The van der Waals surface area contributed by atoms with Crippen LogP contribution in [0.15, 0.2) is 134 Å². The molecule has 0 saturated carbocycles. The van der Waals surface area contributed by atoms with Gasteiger partial charge in [-0.2, -0.15) is 0 Å². The van der Waals surface area contributed by atoms with Crippen molar-refractivity contribution in [3.05, 3.63) is 156 Å². The van der Waals surface area contributed by atoms with Gasteiger partial charge in [0.2, 0.25) is 7.28 Å². The van der Waals surface area contributed by atoms with Gasteiger partial charge in [-0.15, -0.1) is 0 Å². The Morgan fingerprint density at radius 3 is 1.81 bits per heavy atom. The molecule has 5 aromatic rings. The molecule has 0 bridgehead atoms. The molecule has 0 saturated heterocycles. The molecule has 0 N–H and O–H groups in total. The second-order valence-corrected chi connectivity index (χ2v) is 10.6. The van der Waals surface area contributed by atoms with Gasteiger partial charge in [-0.1, -0.05) is 144 Å². The fourth-order valence-corrected chi connectivity index (χ4v) is 6.26. The van der Waals surface area contributed by atoms with Crippen LogP contribution < -0.4 is 5.72 Å². The molecule has 0 atom stereocenters. The van der Waals surface area contributed by atoms with Crippen molar-refractivity contribution >= 4 is 45.3 Å². The van der Waals surface area contributed by atoms with E-state index in [1.54, 1.807) is 0 Å². The predicted octanol–water partition coefficient (Wildman–Crippen LogP) is 5.47. The first-order valence-electron chi connectivity index (χ1n) is 12.5. The zero-order chi connectivity index (χ0) is 24.4. The Morgan fingerprint density at radius 2 is 1.19 bits per heavy atom. The van der Waals surface area contributed by atoms with Gasteiger partial charge in [-0.25, -0.2) is 0 Å². The minimum Gasteiger partial charge on any atom is -0.346 e. The van der Waals surface area contributed by atoms with E-state index < -0.39 is 9.52 Å². The molecule has 4 aromatic carbocycles. The molecule has 0 aliphatic heterocycles. The van der Waals surface area contributed by atoms with Gasteiger partial charge in [0.15, 0.2) is 0 Å². The van der Waals surface area contributed by atoms with Crippen molar-refractivity contribution in [1.29, 1.82) is 0 Å². The number of aromatic nitrogens is 2. The van der Waals surface area contributed by atoms with E-state index >= 15 is 0 Å². The van der Waals surface area contributed by atoms with E-state index in [4.69, 9.17) is 4.98 Å². The third-order valence-electron chi connectivity index (χ3n) is 6.34. The molecule has 5 rings (SSSR count). The van der Waals surface area contributed by atoms with Crippen LogP contribution in [-0.4, -0.2) is 26.4 Å². The molecule has 0 unspecified atom stereocenters. The highest BCUT2D eigenvalue weighted by Gasteiger charge is 2.12. The van der Waals surface area contributed by atoms with Crippen molar-refractivity contribution in [1.82, 2.24) is 9.55 Å². The first-order valence-corrected chi connectivity index (χ1v) is 14.2. The smallest absolute Gasteiger partial charge is 0.239 e. The minimum atomic E-state index is -0.596. The summed E-state index contributed by atoms with van der Waals surface area (Å²) in [6.45, 7) is 0. The Labute approximate surface area is 216 Å². The zero-order valence-electron chi connectivity index (χ0n) is 20.4. The fourth-order valence-electron chi connectivity index (χ4n) is 4.46. The normalized spacial score (nSPS) is 12.2. The molecule has 0 spiro atoms. The molecule has 0 amide bonds. The van der Waals surface area contributed by atoms with Crippen molar-refractivity contribution in [3.8, 4) is 0 Å². The third kappa shape index (κ3) is 6.29. The van der Waals surface area contributed by atoms with E-state index in [2.05, 4.69) is 144 Å². The highest BCUT2D eigenvalue weighted by atomic mass is 28.2. The molecule has 36 heavy (non-hydrogen) atoms. The van der Waals surface area contributed by atoms with Crippen LogP contribution in [0.3, 0.4) is 0 Å². The number of benzene rings is 4. The maximum atomic E-state index is 4.78. The van der Waals surface area contributed by atoms with Crippen LogP contribution in [0.5, 0.6) is 0 Å². The zero-order valence-corrected chi connectivity index (χ0v) is 21.8. The van der Waals surface area contributed by atoms with Gasteiger partial charge in [0, 0.05) is 18.6 Å². The SMILES string of the molecule is B(C(=Cc1ccccc1)c1ccccc1)c1nccn1C[SiH2]C(=Cc1ccccc1)c1ccccc1. The van der Waals surface area contributed by atoms with Crippen LogP contribution in [0, 0.1) is 0 Å². The summed E-state index contributed by atoms with van der Waals surface area (Å²) in [4.78, 5) is 4.78. The molecular weight excluding hydrogens is 451 g/mol. The average molecular weight is 480 g/mol. The Balaban J connectivity index is 1.40. The van der Waals surface area contributed by atoms with Crippen LogP contribution in [0.25, 0.3) is 22.8 Å². The molecule has 0 aliphatic rings. The van der Waals surface area contributed by atoms with Crippen molar-refractivity contribution in [2.24, 2.45) is 0 Å². The lowest BCUT2D eigenvalue weighted by Gasteiger charge is -2.13. The van der Waals surface area contributed by atoms with Crippen LogP contribution in [0.1, 0.15) is 22.3 Å². The van der Waals surface area contributed by atoms with Gasteiger partial charge in [-0.3, -0.25) is 4.98 Å². The maximum absolute atomic E-state index is 4.78. The van der Waals surface area contributed by atoms with Crippen molar-refractivity contribution in [2.45, 2.75) is 6.17 Å². The van der Waals surface area contributed by atoms with E-state index in [1.165, 1.54) is 32.9 Å². The van der Waals surface area contributed by atoms with Gasteiger partial charge in [0.25, 0.3) is 0 Å². The first kappa shape index (κ1) is 23.6. The average Bonchev–Trinajstić information content (AvgIpc) is 3.39. The molecule has 0 aliphatic carbocycles. The number of hydrogen-bond donors (Lipinski definition) is 0. The van der Waals surface area contributed by atoms with Crippen molar-refractivity contribution < 1.29 is 0 Å². The summed E-state index contributed by atoms with van der Waals surface area (Å²) in [5.74, 6) is 0. The summed E-state index contributed by atoms with van der Waals surface area (Å²) in [6.07, 6.45) is 9.74. The monoisotopic (exact) mass is 480 g/mol. The largest absolute Gasteiger partial charge is 0.346 e. The second kappa shape index (κ2) is 12.0. The molecular formula is C32H29BN2Si. The fraction of sp³-hybridized carbons (Fsp3) is 0.0312. The van der Waals surface area contributed by atoms with Gasteiger partial charge in [0.05, 0.1) is 15.2 Å². The topological polar surface area (TPSA) is 17.8 Å². The number of hydrogen-bond acceptors (Lipinski definition) is 1. The highest BCUT2D eigenvalue weighted by Crippen LogP contribution is 2.19. The summed E-state index contributed by atoms with van der Waals surface area (Å²) < 4.78 is 2.36. The van der Waals surface area contributed by atoms with Crippen molar-refractivity contribution in [3.63, 3.8) is 0 Å². The van der Waals surface area contributed by atoms with E-state index in [1.807, 2.05) is 6.20 Å². The Morgan fingerprint density at radius 1 is 0.667 bits per heavy atom. The number of imidazole rings is 1. The first-order chi connectivity index (χ1) is 17.8. The maximum Gasteiger partial charge on any atom is 0.239 e. The summed E-state index contributed by atoms with van der Waals surface area (Å²) in [5.41, 5.74) is 7.42. The minimum absolute atomic E-state index is 0.596.